The van der Waals surface area contributed by atoms with Crippen LogP contribution in [0.25, 0.3) is 0 Å². The van der Waals surface area contributed by atoms with E-state index in [2.05, 4.69) is 37.4 Å². The third-order valence-corrected chi connectivity index (χ3v) is 6.92. The van der Waals surface area contributed by atoms with Gasteiger partial charge < -0.3 is 19.5 Å². The number of esters is 1. The van der Waals surface area contributed by atoms with Crippen LogP contribution in [0.15, 0.2) is 60.7 Å². The number of amides is 1. The van der Waals surface area contributed by atoms with Gasteiger partial charge in [-0.2, -0.15) is 0 Å². The van der Waals surface area contributed by atoms with Crippen molar-refractivity contribution in [3.63, 3.8) is 0 Å². The largest absolute Gasteiger partial charge is 0.489 e. The summed E-state index contributed by atoms with van der Waals surface area (Å²) in [5.74, 6) is -0.542. The monoisotopic (exact) mass is 519 g/mol. The van der Waals surface area contributed by atoms with Crippen LogP contribution in [0.1, 0.15) is 57.4 Å². The molecule has 4 rings (SSSR count). The predicted molar refractivity (Wildman–Crippen MR) is 143 cm³/mol. The molecule has 38 heavy (non-hydrogen) atoms. The number of ether oxygens (including phenoxy) is 3. The van der Waals surface area contributed by atoms with E-state index in [1.807, 2.05) is 12.1 Å². The van der Waals surface area contributed by atoms with Crippen LogP contribution in [0, 0.1) is 19.7 Å². The first kappa shape index (κ1) is 27.3. The fraction of sp³-hybridized carbons (Fsp3) is 0.355. The van der Waals surface area contributed by atoms with Gasteiger partial charge in [0.05, 0.1) is 12.6 Å². The van der Waals surface area contributed by atoms with Gasteiger partial charge in [-0.3, -0.25) is 9.59 Å². The maximum absolute atomic E-state index is 13.9. The molecule has 0 saturated carbocycles. The topological polar surface area (TPSA) is 73.9 Å². The number of hydrogen-bond acceptors (Lipinski definition) is 5. The maximum Gasteiger partial charge on any atom is 0.305 e. The van der Waals surface area contributed by atoms with Crippen molar-refractivity contribution < 1.29 is 28.2 Å². The number of nitrogens with one attached hydrogen (secondary N) is 1. The van der Waals surface area contributed by atoms with Gasteiger partial charge >= 0.3 is 5.97 Å². The molecule has 200 valence electrons. The normalized spacial score (nSPS) is 14.5. The smallest absolute Gasteiger partial charge is 0.305 e. The summed E-state index contributed by atoms with van der Waals surface area (Å²) in [6, 6.07) is 17.8. The molecule has 0 spiro atoms. The molecule has 1 aliphatic heterocycles. The first-order valence-corrected chi connectivity index (χ1v) is 12.8. The average Bonchev–Trinajstić information content (AvgIpc) is 2.90. The van der Waals surface area contributed by atoms with Crippen molar-refractivity contribution in [1.82, 2.24) is 5.32 Å². The second-order valence-electron chi connectivity index (χ2n) is 9.84. The minimum absolute atomic E-state index is 0.159. The summed E-state index contributed by atoms with van der Waals surface area (Å²) in [5.41, 5.74) is 4.74. The van der Waals surface area contributed by atoms with Crippen LogP contribution in [0.4, 0.5) is 4.39 Å². The lowest BCUT2D eigenvalue weighted by Gasteiger charge is -2.39. The molecule has 1 heterocycles. The zero-order valence-corrected chi connectivity index (χ0v) is 22.1. The average molecular weight is 520 g/mol. The van der Waals surface area contributed by atoms with E-state index in [0.717, 1.165) is 27.8 Å². The van der Waals surface area contributed by atoms with Crippen LogP contribution < -0.4 is 10.1 Å². The van der Waals surface area contributed by atoms with Crippen molar-refractivity contribution in [1.29, 1.82) is 0 Å². The molecular weight excluding hydrogens is 485 g/mol. The summed E-state index contributed by atoms with van der Waals surface area (Å²) < 4.78 is 29.8. The van der Waals surface area contributed by atoms with Gasteiger partial charge in [0.25, 0.3) is 5.91 Å². The first-order valence-electron chi connectivity index (χ1n) is 12.8. The predicted octanol–water partition coefficient (Wildman–Crippen LogP) is 5.56. The molecular formula is C31H34FNO5. The highest BCUT2D eigenvalue weighted by Gasteiger charge is 2.37. The minimum Gasteiger partial charge on any atom is -0.489 e. The second kappa shape index (κ2) is 12.2. The lowest BCUT2D eigenvalue weighted by atomic mass is 9.81. The molecule has 0 radical (unpaired) electrons. The van der Waals surface area contributed by atoms with Gasteiger partial charge in [0.1, 0.15) is 18.2 Å². The first-order chi connectivity index (χ1) is 18.3. The standard InChI is InChI=1S/C31H34FNO5/c1-21-15-22(2)17-25(16-21)31(11-13-37-14-12-31)33-30(35)28-18-23(7-8-24(28)9-10-29(34)36-3)20-38-27-6-4-5-26(32)19-27/h4-8,15-19H,9-14,20H2,1-3H3,(H,33,35). The van der Waals surface area contributed by atoms with Crippen LogP contribution in [-0.4, -0.2) is 32.2 Å². The number of benzene rings is 3. The number of aryl methyl sites for hydroxylation is 3. The Labute approximate surface area is 223 Å². The lowest BCUT2D eigenvalue weighted by Crippen LogP contribution is -2.49. The molecule has 0 aromatic heterocycles. The van der Waals surface area contributed by atoms with Gasteiger partial charge in [-0.1, -0.05) is 47.5 Å². The summed E-state index contributed by atoms with van der Waals surface area (Å²) in [7, 11) is 1.35. The number of carbonyl (C=O) groups is 2. The van der Waals surface area contributed by atoms with E-state index in [9.17, 15) is 14.0 Å². The van der Waals surface area contributed by atoms with Gasteiger partial charge in [0, 0.05) is 31.3 Å². The molecule has 1 N–H and O–H groups in total. The molecule has 0 bridgehead atoms. The summed E-state index contributed by atoms with van der Waals surface area (Å²) >= 11 is 0. The SMILES string of the molecule is COC(=O)CCc1ccc(COc2cccc(F)c2)cc1C(=O)NC1(c2cc(C)cc(C)c2)CCOCC1. The highest BCUT2D eigenvalue weighted by molar-refractivity contribution is 5.96. The zero-order chi connectivity index (χ0) is 27.1. The fourth-order valence-corrected chi connectivity index (χ4v) is 4.95. The molecule has 7 heteroatoms. The molecule has 3 aromatic rings. The Bertz CT molecular complexity index is 1280. The van der Waals surface area contributed by atoms with Crippen LogP contribution in [0.3, 0.4) is 0 Å². The van der Waals surface area contributed by atoms with Gasteiger partial charge in [-0.15, -0.1) is 0 Å². The van der Waals surface area contributed by atoms with Crippen LogP contribution >= 0.6 is 0 Å². The van der Waals surface area contributed by atoms with Gasteiger partial charge in [0.2, 0.25) is 0 Å². The molecule has 1 fully saturated rings. The molecule has 6 nitrogen and oxygen atoms in total. The molecule has 1 amide bonds. The highest BCUT2D eigenvalue weighted by atomic mass is 19.1. The Hall–Kier alpha value is -3.71. The number of methoxy groups -OCH3 is 1. The van der Waals surface area contributed by atoms with E-state index >= 15 is 0 Å². The number of hydrogen-bond donors (Lipinski definition) is 1. The number of rotatable bonds is 9. The quantitative estimate of drug-likeness (QED) is 0.375. The van der Waals surface area contributed by atoms with Gasteiger partial charge in [0.15, 0.2) is 0 Å². The third-order valence-electron chi connectivity index (χ3n) is 6.92. The lowest BCUT2D eigenvalue weighted by molar-refractivity contribution is -0.140. The van der Waals surface area contributed by atoms with Crippen LogP contribution in [-0.2, 0) is 32.8 Å². The van der Waals surface area contributed by atoms with Gasteiger partial charge in [-0.25, -0.2) is 4.39 Å². The molecule has 0 unspecified atom stereocenters. The van der Waals surface area contributed by atoms with E-state index in [4.69, 9.17) is 14.2 Å². The number of carbonyl (C=O) groups excluding carboxylic acids is 2. The Morgan fingerprint density at radius 1 is 1.00 bits per heavy atom. The minimum atomic E-state index is -0.570. The molecule has 1 saturated heterocycles. The molecule has 1 aliphatic rings. The van der Waals surface area contributed by atoms with E-state index in [0.29, 0.717) is 43.8 Å². The molecule has 0 atom stereocenters. The van der Waals surface area contributed by atoms with E-state index in [1.165, 1.54) is 19.2 Å². The van der Waals surface area contributed by atoms with E-state index in [-0.39, 0.29) is 30.7 Å². The van der Waals surface area contributed by atoms with Crippen molar-refractivity contribution in [3.8, 4) is 5.75 Å². The molecule has 3 aromatic carbocycles. The van der Waals surface area contributed by atoms with Crippen LogP contribution in [0.2, 0.25) is 0 Å². The Morgan fingerprint density at radius 3 is 2.42 bits per heavy atom. The summed E-state index contributed by atoms with van der Waals surface area (Å²) in [4.78, 5) is 25.8. The van der Waals surface area contributed by atoms with Crippen molar-refractivity contribution in [2.75, 3.05) is 20.3 Å². The Kier molecular flexibility index (Phi) is 8.79. The fourth-order valence-electron chi connectivity index (χ4n) is 4.95. The van der Waals surface area contributed by atoms with E-state index in [1.54, 1.807) is 18.2 Å². The maximum atomic E-state index is 13.9. The number of halogens is 1. The summed E-state index contributed by atoms with van der Waals surface area (Å²) in [6.45, 7) is 5.36. The third kappa shape index (κ3) is 6.78. The second-order valence-corrected chi connectivity index (χ2v) is 9.84. The van der Waals surface area contributed by atoms with Crippen LogP contribution in [0.5, 0.6) is 5.75 Å². The zero-order valence-electron chi connectivity index (χ0n) is 22.1. The van der Waals surface area contributed by atoms with Gasteiger partial charge in [-0.05, 0) is 68.0 Å². The van der Waals surface area contributed by atoms with E-state index < -0.39 is 5.54 Å². The Balaban J connectivity index is 1.64. The molecule has 0 aliphatic carbocycles. The Morgan fingerprint density at radius 2 is 1.74 bits per heavy atom. The highest BCUT2D eigenvalue weighted by Crippen LogP contribution is 2.34. The van der Waals surface area contributed by atoms with Crippen molar-refractivity contribution in [2.24, 2.45) is 0 Å². The van der Waals surface area contributed by atoms with Crippen molar-refractivity contribution in [3.05, 3.63) is 99.9 Å². The summed E-state index contributed by atoms with van der Waals surface area (Å²) in [5, 5.41) is 3.34. The van der Waals surface area contributed by atoms with Crippen molar-refractivity contribution >= 4 is 11.9 Å². The van der Waals surface area contributed by atoms with Crippen molar-refractivity contribution in [2.45, 2.75) is 51.7 Å². The summed E-state index contributed by atoms with van der Waals surface area (Å²) in [6.07, 6.45) is 1.83.